The van der Waals surface area contributed by atoms with E-state index in [0.29, 0.717) is 29.8 Å². The van der Waals surface area contributed by atoms with Crippen molar-refractivity contribution < 1.29 is 17.6 Å². The molecular weight excluding hydrogens is 334 g/mol. The minimum Gasteiger partial charge on any atom is -0.452 e. The Kier molecular flexibility index (Phi) is 4.35. The van der Waals surface area contributed by atoms with Crippen molar-refractivity contribution in [3.05, 3.63) is 22.6 Å². The van der Waals surface area contributed by atoms with Gasteiger partial charge in [0, 0.05) is 12.5 Å². The van der Waals surface area contributed by atoms with Crippen LogP contribution in [0, 0.1) is 0 Å². The van der Waals surface area contributed by atoms with Crippen LogP contribution in [-0.4, -0.2) is 36.8 Å². The van der Waals surface area contributed by atoms with Gasteiger partial charge in [-0.2, -0.15) is 0 Å². The van der Waals surface area contributed by atoms with Crippen LogP contribution in [0.3, 0.4) is 0 Å². The molecule has 1 aromatic rings. The Labute approximate surface area is 121 Å². The largest absolute Gasteiger partial charge is 0.452 e. The lowest BCUT2D eigenvalue weighted by Crippen LogP contribution is -2.40. The summed E-state index contributed by atoms with van der Waals surface area (Å²) < 4.78 is 29.1. The van der Waals surface area contributed by atoms with Crippen molar-refractivity contribution in [3.8, 4) is 0 Å². The van der Waals surface area contributed by atoms with Gasteiger partial charge >= 0.3 is 0 Å². The molecule has 1 saturated heterocycles. The number of amides is 1. The number of sulfone groups is 1. The molecule has 1 aliphatic heterocycles. The Morgan fingerprint density at radius 3 is 2.74 bits per heavy atom. The van der Waals surface area contributed by atoms with Gasteiger partial charge in [0.1, 0.15) is 5.76 Å². The molecule has 106 valence electrons. The van der Waals surface area contributed by atoms with Gasteiger partial charge < -0.3 is 9.32 Å². The average molecular weight is 350 g/mol. The monoisotopic (exact) mass is 349 g/mol. The third kappa shape index (κ3) is 3.60. The Bertz CT molecular complexity index is 566. The van der Waals surface area contributed by atoms with Gasteiger partial charge in [-0.05, 0) is 34.5 Å². The van der Waals surface area contributed by atoms with E-state index in [4.69, 9.17) is 4.42 Å². The lowest BCUT2D eigenvalue weighted by Gasteiger charge is -2.27. The average Bonchev–Trinajstić information content (AvgIpc) is 2.91. The van der Waals surface area contributed by atoms with Gasteiger partial charge in [-0.3, -0.25) is 4.79 Å². The fraction of sp³-hybridized carbons (Fsp3) is 0.583. The van der Waals surface area contributed by atoms with Gasteiger partial charge in [-0.25, -0.2) is 8.42 Å². The summed E-state index contributed by atoms with van der Waals surface area (Å²) in [4.78, 5) is 13.6. The number of furan rings is 1. The van der Waals surface area contributed by atoms with Gasteiger partial charge in [0.25, 0.3) is 0 Å². The molecule has 1 atom stereocenters. The Hall–Kier alpha value is -0.820. The summed E-state index contributed by atoms with van der Waals surface area (Å²) in [6.45, 7) is 2.09. The van der Waals surface area contributed by atoms with E-state index in [1.807, 2.05) is 0 Å². The summed E-state index contributed by atoms with van der Waals surface area (Å²) >= 11 is 3.21. The molecule has 5 nitrogen and oxygen atoms in total. The molecule has 0 radical (unpaired) electrons. The fourth-order valence-corrected chi connectivity index (χ4v) is 4.32. The smallest absolute Gasteiger partial charge is 0.222 e. The first-order chi connectivity index (χ1) is 8.91. The molecule has 0 saturated carbocycles. The number of carbonyl (C=O) groups excluding carboxylic acids is 1. The molecule has 0 bridgehead atoms. The number of rotatable bonds is 4. The Balaban J connectivity index is 2.15. The molecule has 2 heterocycles. The zero-order valence-corrected chi connectivity index (χ0v) is 13.0. The number of carbonyl (C=O) groups is 1. The van der Waals surface area contributed by atoms with Crippen LogP contribution in [-0.2, 0) is 21.2 Å². The fourth-order valence-electron chi connectivity index (χ4n) is 2.25. The number of halogens is 1. The summed E-state index contributed by atoms with van der Waals surface area (Å²) in [7, 11) is -3.00. The quantitative estimate of drug-likeness (QED) is 0.833. The zero-order chi connectivity index (χ0) is 14.0. The van der Waals surface area contributed by atoms with Gasteiger partial charge in [-0.15, -0.1) is 0 Å². The highest BCUT2D eigenvalue weighted by Gasteiger charge is 2.34. The van der Waals surface area contributed by atoms with Gasteiger partial charge in [0.15, 0.2) is 14.5 Å². The summed E-state index contributed by atoms with van der Waals surface area (Å²) in [6, 6.07) is 3.31. The molecule has 2 rings (SSSR count). The van der Waals surface area contributed by atoms with Crippen molar-refractivity contribution in [2.75, 3.05) is 11.5 Å². The third-order valence-corrected chi connectivity index (χ3v) is 5.40. The summed E-state index contributed by atoms with van der Waals surface area (Å²) in [5, 5.41) is 0. The maximum Gasteiger partial charge on any atom is 0.222 e. The number of nitrogens with zero attached hydrogens (tertiary/aromatic N) is 1. The second-order valence-electron chi connectivity index (χ2n) is 4.64. The van der Waals surface area contributed by atoms with Gasteiger partial charge in [0.05, 0.1) is 18.1 Å². The van der Waals surface area contributed by atoms with Gasteiger partial charge in [-0.1, -0.05) is 6.92 Å². The highest BCUT2D eigenvalue weighted by Crippen LogP contribution is 2.22. The van der Waals surface area contributed by atoms with Crippen molar-refractivity contribution in [1.29, 1.82) is 0 Å². The van der Waals surface area contributed by atoms with Crippen molar-refractivity contribution in [3.63, 3.8) is 0 Å². The Morgan fingerprint density at radius 1 is 1.53 bits per heavy atom. The molecular formula is C12H16BrNO4S. The van der Waals surface area contributed by atoms with E-state index >= 15 is 0 Å². The number of hydrogen-bond donors (Lipinski definition) is 0. The predicted molar refractivity (Wildman–Crippen MR) is 74.3 cm³/mol. The van der Waals surface area contributed by atoms with E-state index in [2.05, 4.69) is 15.9 Å². The first kappa shape index (κ1) is 14.6. The third-order valence-electron chi connectivity index (χ3n) is 3.23. The second kappa shape index (κ2) is 5.66. The van der Waals surface area contributed by atoms with E-state index < -0.39 is 9.84 Å². The van der Waals surface area contributed by atoms with Crippen LogP contribution in [0.2, 0.25) is 0 Å². The van der Waals surface area contributed by atoms with Crippen molar-refractivity contribution >= 4 is 31.7 Å². The molecule has 0 unspecified atom stereocenters. The molecule has 19 heavy (non-hydrogen) atoms. The summed E-state index contributed by atoms with van der Waals surface area (Å²) in [6.07, 6.45) is 0.869. The molecule has 1 aromatic heterocycles. The lowest BCUT2D eigenvalue weighted by atomic mass is 10.2. The highest BCUT2D eigenvalue weighted by atomic mass is 79.9. The molecule has 0 N–H and O–H groups in total. The predicted octanol–water partition coefficient (Wildman–Crippen LogP) is 1.97. The summed E-state index contributed by atoms with van der Waals surface area (Å²) in [5.74, 6) is 0.820. The van der Waals surface area contributed by atoms with Crippen molar-refractivity contribution in [2.24, 2.45) is 0 Å². The van der Waals surface area contributed by atoms with E-state index in [1.54, 1.807) is 24.0 Å². The second-order valence-corrected chi connectivity index (χ2v) is 7.65. The summed E-state index contributed by atoms with van der Waals surface area (Å²) in [5.41, 5.74) is 0. The van der Waals surface area contributed by atoms with E-state index in [1.165, 1.54) is 0 Å². The SMILES string of the molecule is CCC(=O)N(Cc1ccc(Br)o1)[C@H]1CCS(=O)(=O)C1. The van der Waals surface area contributed by atoms with E-state index in [-0.39, 0.29) is 23.5 Å². The molecule has 1 amide bonds. The standard InChI is InChI=1S/C12H16BrNO4S/c1-2-12(15)14(7-10-3-4-11(13)18-10)9-5-6-19(16,17)8-9/h3-4,9H,2,5-8H2,1H3/t9-/m0/s1. The minimum absolute atomic E-state index is 0.0466. The van der Waals surface area contributed by atoms with E-state index in [0.717, 1.165) is 0 Å². The van der Waals surface area contributed by atoms with Crippen molar-refractivity contribution in [2.45, 2.75) is 32.4 Å². The van der Waals surface area contributed by atoms with E-state index in [9.17, 15) is 13.2 Å². The zero-order valence-electron chi connectivity index (χ0n) is 10.6. The minimum atomic E-state index is -3.00. The van der Waals surface area contributed by atoms with Crippen LogP contribution in [0.4, 0.5) is 0 Å². The van der Waals surface area contributed by atoms with Crippen LogP contribution in [0.1, 0.15) is 25.5 Å². The van der Waals surface area contributed by atoms with Crippen molar-refractivity contribution in [1.82, 2.24) is 4.90 Å². The topological polar surface area (TPSA) is 67.6 Å². The lowest BCUT2D eigenvalue weighted by molar-refractivity contribution is -0.133. The molecule has 0 aliphatic carbocycles. The van der Waals surface area contributed by atoms with Crippen LogP contribution < -0.4 is 0 Å². The number of hydrogen-bond acceptors (Lipinski definition) is 4. The molecule has 0 aromatic carbocycles. The molecule has 1 aliphatic rings. The van der Waals surface area contributed by atoms with Crippen LogP contribution in [0.15, 0.2) is 21.2 Å². The molecule has 1 fully saturated rings. The maximum absolute atomic E-state index is 12.0. The van der Waals surface area contributed by atoms with Gasteiger partial charge in [0.2, 0.25) is 5.91 Å². The maximum atomic E-state index is 12.0. The van der Waals surface area contributed by atoms with Crippen LogP contribution in [0.5, 0.6) is 0 Å². The molecule has 7 heteroatoms. The van der Waals surface area contributed by atoms with Crippen LogP contribution >= 0.6 is 15.9 Å². The molecule has 0 spiro atoms. The Morgan fingerprint density at radius 2 is 2.26 bits per heavy atom. The first-order valence-electron chi connectivity index (χ1n) is 6.15. The first-order valence-corrected chi connectivity index (χ1v) is 8.77. The normalized spacial score (nSPS) is 21.5. The van der Waals surface area contributed by atoms with Crippen LogP contribution in [0.25, 0.3) is 0 Å². The highest BCUT2D eigenvalue weighted by molar-refractivity contribution is 9.10.